The number of rotatable bonds is 9. The van der Waals surface area contributed by atoms with E-state index in [9.17, 15) is 14.7 Å². The van der Waals surface area contributed by atoms with Crippen LogP contribution in [0.5, 0.6) is 0 Å². The second-order valence-electron chi connectivity index (χ2n) is 7.96. The quantitative estimate of drug-likeness (QED) is 0.444. The predicted octanol–water partition coefficient (Wildman–Crippen LogP) is 1.49. The molecule has 1 aromatic rings. The molecule has 30 heavy (non-hydrogen) atoms. The maximum Gasteiger partial charge on any atom is 0.239 e. The van der Waals surface area contributed by atoms with Crippen LogP contribution < -0.4 is 16.4 Å². The minimum absolute atomic E-state index is 0. The smallest absolute Gasteiger partial charge is 0.239 e. The molecule has 0 saturated carbocycles. The Bertz CT molecular complexity index is 626. The van der Waals surface area contributed by atoms with Gasteiger partial charge in [-0.15, -0.1) is 24.8 Å². The maximum absolute atomic E-state index is 11.9. The van der Waals surface area contributed by atoms with E-state index in [2.05, 4.69) is 15.5 Å². The van der Waals surface area contributed by atoms with Crippen LogP contribution in [0.4, 0.5) is 0 Å². The minimum Gasteiger partial charge on any atom is -0.387 e. The molecule has 1 aliphatic rings. The normalized spacial score (nSPS) is 16.7. The summed E-state index contributed by atoms with van der Waals surface area (Å²) < 4.78 is 0. The Labute approximate surface area is 192 Å². The monoisotopic (exact) mass is 462 g/mol. The number of nitrogens with one attached hydrogen (secondary N) is 2. The Morgan fingerprint density at radius 2 is 1.73 bits per heavy atom. The minimum atomic E-state index is -0.594. The lowest BCUT2D eigenvalue weighted by Crippen LogP contribution is -2.48. The van der Waals surface area contributed by atoms with Crippen LogP contribution in [-0.2, 0) is 9.59 Å². The van der Waals surface area contributed by atoms with Crippen molar-refractivity contribution < 1.29 is 14.7 Å². The Kier molecular flexibility index (Phi) is 13.9. The third-order valence-corrected chi connectivity index (χ3v) is 5.35. The molecule has 1 aromatic carbocycles. The number of halogens is 2. The molecular weight excluding hydrogens is 427 g/mol. The van der Waals surface area contributed by atoms with E-state index >= 15 is 0 Å². The number of nitrogens with zero attached hydrogens (tertiary/aromatic N) is 1. The van der Waals surface area contributed by atoms with Crippen LogP contribution in [0, 0.1) is 11.8 Å². The van der Waals surface area contributed by atoms with E-state index in [4.69, 9.17) is 5.73 Å². The van der Waals surface area contributed by atoms with Crippen molar-refractivity contribution in [3.05, 3.63) is 35.9 Å². The fourth-order valence-corrected chi connectivity index (χ4v) is 3.31. The summed E-state index contributed by atoms with van der Waals surface area (Å²) in [4.78, 5) is 26.0. The zero-order chi connectivity index (χ0) is 20.5. The van der Waals surface area contributed by atoms with Crippen LogP contribution in [0.2, 0.25) is 0 Å². The molecule has 5 N–H and O–H groups in total. The molecule has 172 valence electrons. The maximum atomic E-state index is 11.9. The standard InChI is InChI=1S/C21H34N4O3.2ClH/c1-15(2)20(22)21(28)24-13-19(27)23-12-16-8-10-25(11-9-16)14-18(26)17-6-4-3-5-7-17;;/h3-7,15-16,18,20,26H,8-14,22H2,1-2H3,(H,23,27)(H,24,28);2*1H/t18?,20-;;/m0../s1. The number of amides is 2. The second kappa shape index (κ2) is 14.6. The molecule has 0 aromatic heterocycles. The van der Waals surface area contributed by atoms with Gasteiger partial charge in [0.05, 0.1) is 18.7 Å². The lowest BCUT2D eigenvalue weighted by Gasteiger charge is -2.33. The van der Waals surface area contributed by atoms with E-state index < -0.39 is 12.1 Å². The van der Waals surface area contributed by atoms with Crippen molar-refractivity contribution in [3.63, 3.8) is 0 Å². The van der Waals surface area contributed by atoms with Gasteiger partial charge in [0.1, 0.15) is 0 Å². The highest BCUT2D eigenvalue weighted by Gasteiger charge is 2.22. The number of β-amino-alcohol motifs (C(OH)–C–C–N with tert-alkyl or cyclic N) is 1. The van der Waals surface area contributed by atoms with Crippen LogP contribution >= 0.6 is 24.8 Å². The molecule has 9 heteroatoms. The van der Waals surface area contributed by atoms with Gasteiger partial charge in [0.2, 0.25) is 11.8 Å². The lowest BCUT2D eigenvalue weighted by atomic mass is 9.96. The Balaban J connectivity index is 0.00000420. The zero-order valence-corrected chi connectivity index (χ0v) is 19.4. The van der Waals surface area contributed by atoms with Crippen molar-refractivity contribution in [1.29, 1.82) is 0 Å². The molecule has 7 nitrogen and oxygen atoms in total. The third kappa shape index (κ3) is 9.62. The topological polar surface area (TPSA) is 108 Å². The van der Waals surface area contributed by atoms with Gasteiger partial charge >= 0.3 is 0 Å². The summed E-state index contributed by atoms with van der Waals surface area (Å²) in [5.41, 5.74) is 6.70. The van der Waals surface area contributed by atoms with Gasteiger partial charge < -0.3 is 26.4 Å². The lowest BCUT2D eigenvalue weighted by molar-refractivity contribution is -0.127. The number of hydrogen-bond acceptors (Lipinski definition) is 5. The van der Waals surface area contributed by atoms with E-state index in [1.165, 1.54) is 0 Å². The molecule has 2 amide bonds. The molecular formula is C21H36Cl2N4O3. The van der Waals surface area contributed by atoms with Gasteiger partial charge in [0.15, 0.2) is 0 Å². The van der Waals surface area contributed by atoms with Crippen LogP contribution in [-0.4, -0.2) is 60.6 Å². The molecule has 1 fully saturated rings. The van der Waals surface area contributed by atoms with Crippen LogP contribution in [0.25, 0.3) is 0 Å². The van der Waals surface area contributed by atoms with Gasteiger partial charge in [-0.3, -0.25) is 9.59 Å². The van der Waals surface area contributed by atoms with Gasteiger partial charge in [0, 0.05) is 13.1 Å². The summed E-state index contributed by atoms with van der Waals surface area (Å²) in [7, 11) is 0. The summed E-state index contributed by atoms with van der Waals surface area (Å²) in [5.74, 6) is -0.0296. The highest BCUT2D eigenvalue weighted by Crippen LogP contribution is 2.20. The van der Waals surface area contributed by atoms with Gasteiger partial charge in [0.25, 0.3) is 0 Å². The third-order valence-electron chi connectivity index (χ3n) is 5.35. The molecule has 0 radical (unpaired) electrons. The molecule has 0 spiro atoms. The van der Waals surface area contributed by atoms with E-state index in [1.54, 1.807) is 0 Å². The van der Waals surface area contributed by atoms with Gasteiger partial charge in [-0.05, 0) is 43.3 Å². The first-order chi connectivity index (χ1) is 13.4. The van der Waals surface area contributed by atoms with Gasteiger partial charge in [-0.25, -0.2) is 0 Å². The molecule has 1 heterocycles. The average Bonchev–Trinajstić information content (AvgIpc) is 2.71. The van der Waals surface area contributed by atoms with Crippen molar-refractivity contribution in [2.45, 2.75) is 38.8 Å². The zero-order valence-electron chi connectivity index (χ0n) is 17.8. The van der Waals surface area contributed by atoms with E-state index in [0.29, 0.717) is 19.0 Å². The highest BCUT2D eigenvalue weighted by atomic mass is 35.5. The number of aliphatic hydroxyl groups excluding tert-OH is 1. The molecule has 2 rings (SSSR count). The molecule has 0 aliphatic carbocycles. The highest BCUT2D eigenvalue weighted by molar-refractivity contribution is 5.87. The number of benzene rings is 1. The molecule has 2 atom stereocenters. The fraction of sp³-hybridized carbons (Fsp3) is 0.619. The van der Waals surface area contributed by atoms with Crippen LogP contribution in [0.1, 0.15) is 38.4 Å². The Hall–Kier alpha value is -1.38. The summed E-state index contributed by atoms with van der Waals surface area (Å²) in [6.45, 7) is 6.76. The Morgan fingerprint density at radius 3 is 2.30 bits per heavy atom. The molecule has 1 aliphatic heterocycles. The SMILES string of the molecule is CC(C)[C@H](N)C(=O)NCC(=O)NCC1CCN(CC(O)c2ccccc2)CC1.Cl.Cl. The largest absolute Gasteiger partial charge is 0.387 e. The number of aliphatic hydroxyl groups is 1. The first kappa shape index (κ1) is 28.6. The van der Waals surface area contributed by atoms with Gasteiger partial charge in [-0.1, -0.05) is 44.2 Å². The fourth-order valence-electron chi connectivity index (χ4n) is 3.31. The second-order valence-corrected chi connectivity index (χ2v) is 7.96. The first-order valence-electron chi connectivity index (χ1n) is 10.1. The molecule has 1 saturated heterocycles. The van der Waals surface area contributed by atoms with Crippen LogP contribution in [0.15, 0.2) is 30.3 Å². The van der Waals surface area contributed by atoms with Crippen LogP contribution in [0.3, 0.4) is 0 Å². The van der Waals surface area contributed by atoms with Gasteiger partial charge in [-0.2, -0.15) is 0 Å². The summed E-state index contributed by atoms with van der Waals surface area (Å²) in [6.07, 6.45) is 1.48. The number of carbonyl (C=O) groups is 2. The van der Waals surface area contributed by atoms with Crippen molar-refractivity contribution in [2.24, 2.45) is 17.6 Å². The predicted molar refractivity (Wildman–Crippen MR) is 124 cm³/mol. The molecule has 1 unspecified atom stereocenters. The first-order valence-corrected chi connectivity index (χ1v) is 10.1. The number of nitrogens with two attached hydrogens (primary N) is 1. The Morgan fingerprint density at radius 1 is 1.13 bits per heavy atom. The summed E-state index contributed by atoms with van der Waals surface area (Å²) in [6, 6.07) is 9.11. The number of likely N-dealkylation sites (tertiary alicyclic amines) is 1. The number of hydrogen-bond donors (Lipinski definition) is 4. The van der Waals surface area contributed by atoms with Crippen molar-refractivity contribution >= 4 is 36.6 Å². The average molecular weight is 463 g/mol. The van der Waals surface area contributed by atoms with Crippen molar-refractivity contribution in [2.75, 3.05) is 32.7 Å². The molecule has 0 bridgehead atoms. The van der Waals surface area contributed by atoms with Crippen molar-refractivity contribution in [3.8, 4) is 0 Å². The number of piperidine rings is 1. The van der Waals surface area contributed by atoms with E-state index in [1.807, 2.05) is 44.2 Å². The number of carbonyl (C=O) groups excluding carboxylic acids is 2. The summed E-state index contributed by atoms with van der Waals surface area (Å²) >= 11 is 0. The van der Waals surface area contributed by atoms with E-state index in [0.717, 1.165) is 31.5 Å². The van der Waals surface area contributed by atoms with Crippen molar-refractivity contribution in [1.82, 2.24) is 15.5 Å². The van der Waals surface area contributed by atoms with E-state index in [-0.39, 0.29) is 49.1 Å². The summed E-state index contributed by atoms with van der Waals surface area (Å²) in [5, 5.41) is 15.8.